The summed E-state index contributed by atoms with van der Waals surface area (Å²) in [6, 6.07) is 6.65. The minimum atomic E-state index is -0.617. The third kappa shape index (κ3) is 2.19. The lowest BCUT2D eigenvalue weighted by Crippen LogP contribution is -2.36. The number of aromatic nitrogens is 2. The molecule has 0 saturated carbocycles. The molecule has 2 rings (SSSR count). The zero-order valence-corrected chi connectivity index (χ0v) is 11.0. The Morgan fingerprint density at radius 3 is 2.39 bits per heavy atom. The minimum Gasteiger partial charge on any atom is -0.313 e. The molecule has 6 heteroatoms. The van der Waals surface area contributed by atoms with Crippen molar-refractivity contribution in [3.8, 4) is 5.69 Å². The number of nitrogens with zero attached hydrogens (tertiary/aromatic N) is 1. The van der Waals surface area contributed by atoms with E-state index in [-0.39, 0.29) is 11.3 Å². The summed E-state index contributed by atoms with van der Waals surface area (Å²) in [5, 5.41) is 0. The molecule has 1 aromatic heterocycles. The Morgan fingerprint density at radius 1 is 1.22 bits per heavy atom. The molecule has 1 aromatic carbocycles. The van der Waals surface area contributed by atoms with Gasteiger partial charge in [-0.3, -0.25) is 9.59 Å². The Hall–Kier alpha value is -1.95. The number of carbonyl (C=O) groups is 1. The Kier molecular flexibility index (Phi) is 3.29. The van der Waals surface area contributed by atoms with Gasteiger partial charge in [0.1, 0.15) is 0 Å². The van der Waals surface area contributed by atoms with Crippen LogP contribution in [-0.4, -0.2) is 15.3 Å². The summed E-state index contributed by atoms with van der Waals surface area (Å²) in [5.74, 6) is -0.387. The summed E-state index contributed by atoms with van der Waals surface area (Å²) >= 11 is 3.27. The van der Waals surface area contributed by atoms with Crippen molar-refractivity contribution < 1.29 is 4.79 Å². The molecule has 0 fully saturated rings. The molecule has 0 spiro atoms. The molecule has 18 heavy (non-hydrogen) atoms. The number of halogens is 1. The minimum absolute atomic E-state index is 0.0440. The highest BCUT2D eigenvalue weighted by Crippen LogP contribution is 2.11. The highest BCUT2D eigenvalue weighted by Gasteiger charge is 2.12. The van der Waals surface area contributed by atoms with Crippen molar-refractivity contribution in [3.05, 3.63) is 61.3 Å². The second-order valence-corrected chi connectivity index (χ2v) is 4.60. The maximum Gasteiger partial charge on any atom is 0.333 e. The lowest BCUT2D eigenvalue weighted by molar-refractivity contribution is 0.101. The van der Waals surface area contributed by atoms with Crippen molar-refractivity contribution in [2.75, 3.05) is 0 Å². The molecular formula is C12H9BrN2O3. The second kappa shape index (κ2) is 4.73. The molecule has 1 N–H and O–H groups in total. The fourth-order valence-electron chi connectivity index (χ4n) is 1.55. The van der Waals surface area contributed by atoms with Crippen molar-refractivity contribution in [1.82, 2.24) is 9.55 Å². The van der Waals surface area contributed by atoms with Crippen molar-refractivity contribution in [2.45, 2.75) is 6.92 Å². The van der Waals surface area contributed by atoms with Crippen molar-refractivity contribution >= 4 is 21.7 Å². The number of aromatic amines is 1. The molecule has 1 heterocycles. The van der Waals surface area contributed by atoms with E-state index in [1.807, 2.05) is 0 Å². The predicted octanol–water partition coefficient (Wildman–Crippen LogP) is 1.49. The number of benzene rings is 1. The summed E-state index contributed by atoms with van der Waals surface area (Å²) < 4.78 is 1.77. The van der Waals surface area contributed by atoms with Crippen LogP contribution in [0.1, 0.15) is 17.3 Å². The molecule has 0 radical (unpaired) electrons. The third-order valence-electron chi connectivity index (χ3n) is 2.44. The first-order valence-electron chi connectivity index (χ1n) is 5.12. The van der Waals surface area contributed by atoms with Gasteiger partial charge in [0.15, 0.2) is 5.78 Å². The molecule has 92 valence electrons. The van der Waals surface area contributed by atoms with E-state index in [0.29, 0.717) is 5.69 Å². The highest BCUT2D eigenvalue weighted by molar-refractivity contribution is 9.10. The fraction of sp³-hybridized carbons (Fsp3) is 0.0833. The lowest BCUT2D eigenvalue weighted by Gasteiger charge is -2.05. The van der Waals surface area contributed by atoms with Crippen LogP contribution in [0.2, 0.25) is 0 Å². The van der Waals surface area contributed by atoms with Gasteiger partial charge in [0.25, 0.3) is 5.56 Å². The molecule has 0 aliphatic rings. The van der Waals surface area contributed by atoms with Gasteiger partial charge in [0, 0.05) is 10.7 Å². The summed E-state index contributed by atoms with van der Waals surface area (Å²) in [5.41, 5.74) is -0.828. The number of carbonyl (C=O) groups excluding carboxylic acids is 1. The molecule has 2 aromatic rings. The molecule has 0 aliphatic heterocycles. The van der Waals surface area contributed by atoms with E-state index < -0.39 is 11.2 Å². The van der Waals surface area contributed by atoms with Crippen molar-refractivity contribution in [2.24, 2.45) is 0 Å². The number of hydrogen-bond acceptors (Lipinski definition) is 3. The van der Waals surface area contributed by atoms with E-state index in [0.717, 1.165) is 15.2 Å². The molecule has 0 aliphatic carbocycles. The van der Waals surface area contributed by atoms with Crippen LogP contribution in [0.3, 0.4) is 0 Å². The first-order valence-corrected chi connectivity index (χ1v) is 5.91. The number of hydrogen-bond donors (Lipinski definition) is 1. The van der Waals surface area contributed by atoms with E-state index >= 15 is 0 Å². The van der Waals surface area contributed by atoms with Crippen LogP contribution in [0.15, 0.2) is 44.5 Å². The van der Waals surface area contributed by atoms with Crippen LogP contribution >= 0.6 is 15.9 Å². The molecule has 0 saturated heterocycles. The van der Waals surface area contributed by atoms with Gasteiger partial charge in [-0.2, -0.15) is 0 Å². The number of Topliss-reactive ketones (excluding diaryl/α,β-unsaturated/α-hetero) is 1. The van der Waals surface area contributed by atoms with Gasteiger partial charge in [-0.1, -0.05) is 15.9 Å². The number of ketones is 1. The molecule has 0 bridgehead atoms. The van der Waals surface area contributed by atoms with Crippen LogP contribution in [0.25, 0.3) is 5.69 Å². The Morgan fingerprint density at radius 2 is 1.83 bits per heavy atom. The van der Waals surface area contributed by atoms with Gasteiger partial charge in [-0.25, -0.2) is 9.36 Å². The van der Waals surface area contributed by atoms with E-state index in [1.165, 1.54) is 6.92 Å². The van der Waals surface area contributed by atoms with Crippen molar-refractivity contribution in [3.63, 3.8) is 0 Å². The summed E-state index contributed by atoms with van der Waals surface area (Å²) in [6.45, 7) is 1.28. The molecule has 0 unspecified atom stereocenters. The maximum absolute atomic E-state index is 12.0. The summed E-state index contributed by atoms with van der Waals surface area (Å²) in [6.07, 6.45) is 1.14. The average molecular weight is 309 g/mol. The highest BCUT2D eigenvalue weighted by atomic mass is 79.9. The molecule has 0 atom stereocenters. The van der Waals surface area contributed by atoms with Gasteiger partial charge >= 0.3 is 5.69 Å². The first-order chi connectivity index (χ1) is 8.50. The van der Waals surface area contributed by atoms with E-state index in [1.54, 1.807) is 24.3 Å². The zero-order valence-electron chi connectivity index (χ0n) is 9.44. The number of nitrogens with one attached hydrogen (secondary N) is 1. The van der Waals surface area contributed by atoms with Gasteiger partial charge in [0.2, 0.25) is 0 Å². The predicted molar refractivity (Wildman–Crippen MR) is 70.4 cm³/mol. The van der Waals surface area contributed by atoms with Gasteiger partial charge in [0.05, 0.1) is 11.3 Å². The van der Waals surface area contributed by atoms with Crippen LogP contribution < -0.4 is 11.2 Å². The van der Waals surface area contributed by atoms with Crippen LogP contribution in [0.4, 0.5) is 0 Å². The molecular weight excluding hydrogens is 300 g/mol. The Labute approximate surface area is 110 Å². The smallest absolute Gasteiger partial charge is 0.313 e. The average Bonchev–Trinajstić information content (AvgIpc) is 2.31. The normalized spacial score (nSPS) is 10.3. The summed E-state index contributed by atoms with van der Waals surface area (Å²) in [4.78, 5) is 37.4. The van der Waals surface area contributed by atoms with E-state index in [2.05, 4.69) is 20.9 Å². The van der Waals surface area contributed by atoms with Crippen LogP contribution in [0, 0.1) is 0 Å². The maximum atomic E-state index is 12.0. The topological polar surface area (TPSA) is 71.9 Å². The van der Waals surface area contributed by atoms with E-state index in [9.17, 15) is 14.4 Å². The standard InChI is InChI=1S/C12H9BrN2O3/c1-7(16)10-6-14-12(18)15(11(10)17)9-4-2-8(13)3-5-9/h2-6H,1H3,(H,14,18). The second-order valence-electron chi connectivity index (χ2n) is 3.68. The van der Waals surface area contributed by atoms with Gasteiger partial charge < -0.3 is 4.98 Å². The van der Waals surface area contributed by atoms with E-state index in [4.69, 9.17) is 0 Å². The van der Waals surface area contributed by atoms with Crippen LogP contribution in [0.5, 0.6) is 0 Å². The zero-order chi connectivity index (χ0) is 13.3. The van der Waals surface area contributed by atoms with Crippen LogP contribution in [-0.2, 0) is 0 Å². The monoisotopic (exact) mass is 308 g/mol. The third-order valence-corrected chi connectivity index (χ3v) is 2.97. The lowest BCUT2D eigenvalue weighted by atomic mass is 10.2. The Balaban J connectivity index is 2.75. The Bertz CT molecular complexity index is 713. The summed E-state index contributed by atoms with van der Waals surface area (Å²) in [7, 11) is 0. The number of rotatable bonds is 2. The number of H-pyrrole nitrogens is 1. The molecule has 5 nitrogen and oxygen atoms in total. The quantitative estimate of drug-likeness (QED) is 0.854. The first kappa shape index (κ1) is 12.5. The van der Waals surface area contributed by atoms with Gasteiger partial charge in [-0.15, -0.1) is 0 Å². The van der Waals surface area contributed by atoms with Crippen molar-refractivity contribution in [1.29, 1.82) is 0 Å². The largest absolute Gasteiger partial charge is 0.333 e. The fourth-order valence-corrected chi connectivity index (χ4v) is 1.81. The van der Waals surface area contributed by atoms with Gasteiger partial charge in [-0.05, 0) is 31.2 Å². The SMILES string of the molecule is CC(=O)c1c[nH]c(=O)n(-c2ccc(Br)cc2)c1=O. The molecule has 0 amide bonds.